The first-order valence-electron chi connectivity index (χ1n) is 5.78. The summed E-state index contributed by atoms with van der Waals surface area (Å²) >= 11 is 1.23. The Morgan fingerprint density at radius 2 is 2.22 bits per heavy atom. The Morgan fingerprint density at radius 1 is 1.50 bits per heavy atom. The number of urea groups is 1. The highest BCUT2D eigenvalue weighted by atomic mass is 32.1. The molecule has 0 aliphatic carbocycles. The van der Waals surface area contributed by atoms with Gasteiger partial charge in [0.05, 0.1) is 6.54 Å². The maximum absolute atomic E-state index is 11.8. The summed E-state index contributed by atoms with van der Waals surface area (Å²) in [5.41, 5.74) is 0.0187. The maximum atomic E-state index is 11.8. The summed E-state index contributed by atoms with van der Waals surface area (Å²) in [6.07, 6.45) is 0.904. The van der Waals surface area contributed by atoms with Crippen molar-refractivity contribution in [2.24, 2.45) is 0 Å². The minimum atomic E-state index is -1.05. The third-order valence-electron chi connectivity index (χ3n) is 2.32. The van der Waals surface area contributed by atoms with Gasteiger partial charge in [-0.3, -0.25) is 0 Å². The van der Waals surface area contributed by atoms with Crippen molar-refractivity contribution in [3.8, 4) is 0 Å². The van der Waals surface area contributed by atoms with E-state index in [4.69, 9.17) is 5.11 Å². The quantitative estimate of drug-likeness (QED) is 0.826. The molecule has 100 valence electrons. The summed E-state index contributed by atoms with van der Waals surface area (Å²) in [6.45, 7) is 5.55. The lowest BCUT2D eigenvalue weighted by Gasteiger charge is -2.20. The minimum Gasteiger partial charge on any atom is -0.476 e. The maximum Gasteiger partial charge on any atom is 0.355 e. The van der Waals surface area contributed by atoms with Gasteiger partial charge in [-0.2, -0.15) is 0 Å². The first-order valence-corrected chi connectivity index (χ1v) is 6.66. The molecular formula is C11H17N3O3S. The van der Waals surface area contributed by atoms with Gasteiger partial charge in [-0.25, -0.2) is 14.6 Å². The second-order valence-corrected chi connectivity index (χ2v) is 4.61. The normalized spacial score (nSPS) is 10.1. The number of thiazole rings is 1. The molecule has 0 atom stereocenters. The number of hydrogen-bond acceptors (Lipinski definition) is 4. The average Bonchev–Trinajstić information content (AvgIpc) is 2.82. The van der Waals surface area contributed by atoms with E-state index in [-0.39, 0.29) is 18.3 Å². The van der Waals surface area contributed by atoms with Crippen LogP contribution in [-0.4, -0.2) is 40.1 Å². The van der Waals surface area contributed by atoms with Crippen LogP contribution in [0.25, 0.3) is 0 Å². The third kappa shape index (κ3) is 3.99. The van der Waals surface area contributed by atoms with Gasteiger partial charge in [0.1, 0.15) is 5.01 Å². The predicted molar refractivity (Wildman–Crippen MR) is 68.8 cm³/mol. The third-order valence-corrected chi connectivity index (χ3v) is 3.17. The molecule has 7 heteroatoms. The molecule has 1 rings (SSSR count). The van der Waals surface area contributed by atoms with Gasteiger partial charge in [-0.05, 0) is 13.3 Å². The number of aromatic nitrogens is 1. The van der Waals surface area contributed by atoms with Gasteiger partial charge in [0.25, 0.3) is 0 Å². The van der Waals surface area contributed by atoms with E-state index in [0.717, 1.165) is 6.42 Å². The number of carboxylic acid groups (broad SMARTS) is 1. The number of aromatic carboxylic acids is 1. The molecule has 18 heavy (non-hydrogen) atoms. The number of rotatable bonds is 6. The monoisotopic (exact) mass is 271 g/mol. The van der Waals surface area contributed by atoms with Crippen molar-refractivity contribution in [1.29, 1.82) is 0 Å². The fourth-order valence-electron chi connectivity index (χ4n) is 1.43. The number of amides is 2. The highest BCUT2D eigenvalue weighted by Gasteiger charge is 2.12. The van der Waals surface area contributed by atoms with E-state index < -0.39 is 5.97 Å². The predicted octanol–water partition coefficient (Wildman–Crippen LogP) is 1.78. The molecule has 2 N–H and O–H groups in total. The second-order valence-electron chi connectivity index (χ2n) is 3.67. The number of nitrogens with zero attached hydrogens (tertiary/aromatic N) is 2. The minimum absolute atomic E-state index is 0.0187. The van der Waals surface area contributed by atoms with Crippen LogP contribution in [0, 0.1) is 0 Å². The molecule has 0 aliphatic rings. The van der Waals surface area contributed by atoms with E-state index in [1.165, 1.54) is 16.7 Å². The van der Waals surface area contributed by atoms with Gasteiger partial charge in [0.2, 0.25) is 0 Å². The standard InChI is InChI=1S/C11H17N3O3S/c1-3-5-14(4-2)11(17)12-6-9-13-8(7-18-9)10(15)16/h7H,3-6H2,1-2H3,(H,12,17)(H,15,16). The molecule has 0 aromatic carbocycles. The van der Waals surface area contributed by atoms with Crippen LogP contribution in [-0.2, 0) is 6.54 Å². The van der Waals surface area contributed by atoms with Crippen molar-refractivity contribution in [2.75, 3.05) is 13.1 Å². The SMILES string of the molecule is CCCN(CC)C(=O)NCc1nc(C(=O)O)cs1. The largest absolute Gasteiger partial charge is 0.476 e. The lowest BCUT2D eigenvalue weighted by Crippen LogP contribution is -2.39. The number of carbonyl (C=O) groups excluding carboxylic acids is 1. The zero-order valence-corrected chi connectivity index (χ0v) is 11.3. The van der Waals surface area contributed by atoms with Crippen LogP contribution in [0.3, 0.4) is 0 Å². The van der Waals surface area contributed by atoms with Crippen LogP contribution in [0.4, 0.5) is 4.79 Å². The molecule has 0 bridgehead atoms. The van der Waals surface area contributed by atoms with E-state index in [1.54, 1.807) is 4.90 Å². The molecule has 1 aromatic rings. The molecule has 0 saturated heterocycles. The molecule has 1 heterocycles. The summed E-state index contributed by atoms with van der Waals surface area (Å²) in [5.74, 6) is -1.05. The van der Waals surface area contributed by atoms with Crippen LogP contribution in [0.1, 0.15) is 35.8 Å². The van der Waals surface area contributed by atoms with Crippen molar-refractivity contribution in [2.45, 2.75) is 26.8 Å². The van der Waals surface area contributed by atoms with Crippen LogP contribution in [0.15, 0.2) is 5.38 Å². The second kappa shape index (κ2) is 6.95. The lowest BCUT2D eigenvalue weighted by molar-refractivity contribution is 0.0691. The fourth-order valence-corrected chi connectivity index (χ4v) is 2.13. The zero-order chi connectivity index (χ0) is 13.5. The van der Waals surface area contributed by atoms with Crippen LogP contribution in [0.2, 0.25) is 0 Å². The molecular weight excluding hydrogens is 254 g/mol. The summed E-state index contributed by atoms with van der Waals surface area (Å²) in [5, 5.41) is 13.5. The van der Waals surface area contributed by atoms with Gasteiger partial charge in [0, 0.05) is 18.5 Å². The van der Waals surface area contributed by atoms with Gasteiger partial charge in [-0.1, -0.05) is 6.92 Å². The van der Waals surface area contributed by atoms with Gasteiger partial charge in [-0.15, -0.1) is 11.3 Å². The number of carbonyl (C=O) groups is 2. The van der Waals surface area contributed by atoms with E-state index in [1.807, 2.05) is 13.8 Å². The molecule has 1 aromatic heterocycles. The Bertz CT molecular complexity index is 419. The molecule has 0 fully saturated rings. The number of hydrogen-bond donors (Lipinski definition) is 2. The molecule has 0 saturated carbocycles. The zero-order valence-electron chi connectivity index (χ0n) is 10.5. The summed E-state index contributed by atoms with van der Waals surface area (Å²) < 4.78 is 0. The van der Waals surface area contributed by atoms with Crippen LogP contribution in [0.5, 0.6) is 0 Å². The Kier molecular flexibility index (Phi) is 5.57. The average molecular weight is 271 g/mol. The smallest absolute Gasteiger partial charge is 0.355 e. The van der Waals surface area contributed by atoms with Crippen molar-refractivity contribution < 1.29 is 14.7 Å². The van der Waals surface area contributed by atoms with E-state index in [2.05, 4.69) is 10.3 Å². The van der Waals surface area contributed by atoms with Gasteiger partial charge in [0.15, 0.2) is 5.69 Å². The van der Waals surface area contributed by atoms with Gasteiger partial charge >= 0.3 is 12.0 Å². The molecule has 2 amide bonds. The highest BCUT2D eigenvalue weighted by Crippen LogP contribution is 2.09. The van der Waals surface area contributed by atoms with E-state index in [9.17, 15) is 9.59 Å². The molecule has 0 aliphatic heterocycles. The molecule has 0 radical (unpaired) electrons. The fraction of sp³-hybridized carbons (Fsp3) is 0.545. The Hall–Kier alpha value is -1.63. The Morgan fingerprint density at radius 3 is 2.72 bits per heavy atom. The van der Waals surface area contributed by atoms with Crippen molar-refractivity contribution in [3.05, 3.63) is 16.1 Å². The molecule has 6 nitrogen and oxygen atoms in total. The summed E-state index contributed by atoms with van der Waals surface area (Å²) in [4.78, 5) is 28.0. The molecule has 0 spiro atoms. The van der Waals surface area contributed by atoms with E-state index >= 15 is 0 Å². The van der Waals surface area contributed by atoms with E-state index in [0.29, 0.717) is 18.1 Å². The number of carboxylic acids is 1. The van der Waals surface area contributed by atoms with Crippen LogP contribution >= 0.6 is 11.3 Å². The number of nitrogens with one attached hydrogen (secondary N) is 1. The summed E-state index contributed by atoms with van der Waals surface area (Å²) in [7, 11) is 0. The van der Waals surface area contributed by atoms with Crippen LogP contribution < -0.4 is 5.32 Å². The van der Waals surface area contributed by atoms with Crippen molar-refractivity contribution in [3.63, 3.8) is 0 Å². The Labute approximate surface area is 110 Å². The Balaban J connectivity index is 2.48. The highest BCUT2D eigenvalue weighted by molar-refractivity contribution is 7.09. The summed E-state index contributed by atoms with van der Waals surface area (Å²) in [6, 6.07) is -0.147. The van der Waals surface area contributed by atoms with Crippen molar-refractivity contribution in [1.82, 2.24) is 15.2 Å². The topological polar surface area (TPSA) is 82.5 Å². The first kappa shape index (κ1) is 14.4. The molecule has 0 unspecified atom stereocenters. The first-order chi connectivity index (χ1) is 8.58. The lowest BCUT2D eigenvalue weighted by atomic mass is 10.4. The van der Waals surface area contributed by atoms with Gasteiger partial charge < -0.3 is 15.3 Å². The van der Waals surface area contributed by atoms with Crippen molar-refractivity contribution >= 4 is 23.3 Å².